The van der Waals surface area contributed by atoms with E-state index in [1.165, 1.54) is 6.92 Å². The quantitative estimate of drug-likeness (QED) is 0.325. The lowest BCUT2D eigenvalue weighted by Crippen LogP contribution is -2.30. The van der Waals surface area contributed by atoms with Crippen molar-refractivity contribution < 1.29 is 40.3 Å². The van der Waals surface area contributed by atoms with Crippen LogP contribution in [0.5, 0.6) is 0 Å². The second kappa shape index (κ2) is 9.63. The molecule has 1 heterocycles. The van der Waals surface area contributed by atoms with E-state index >= 15 is 0 Å². The van der Waals surface area contributed by atoms with E-state index in [0.29, 0.717) is 0 Å². The molecule has 1 aliphatic heterocycles. The average Bonchev–Trinajstić information content (AvgIpc) is 2.68. The highest BCUT2D eigenvalue weighted by Crippen LogP contribution is 2.44. The largest absolute Gasteiger partial charge is 0.466 e. The van der Waals surface area contributed by atoms with E-state index in [1.54, 1.807) is 6.07 Å². The first-order valence-electron chi connectivity index (χ1n) is 9.42. The summed E-state index contributed by atoms with van der Waals surface area (Å²) in [6.45, 7) is 1.39. The van der Waals surface area contributed by atoms with Gasteiger partial charge in [0.2, 0.25) is 0 Å². The molecule has 1 unspecified atom stereocenters. The number of alkyl halides is 6. The van der Waals surface area contributed by atoms with Crippen LogP contribution < -0.4 is 5.32 Å². The molecule has 1 N–H and O–H groups in total. The molecule has 0 amide bonds. The summed E-state index contributed by atoms with van der Waals surface area (Å²) >= 11 is 0. The molecule has 32 heavy (non-hydrogen) atoms. The number of dihydropyridines is 1. The Morgan fingerprint density at radius 3 is 2.38 bits per heavy atom. The number of ether oxygens (including phenoxy) is 1. The Balaban J connectivity index is 2.63. The number of rotatable bonds is 6. The molecule has 1 aliphatic rings. The number of hydrogen-bond donors (Lipinski definition) is 1. The Hall–Kier alpha value is -3.03. The van der Waals surface area contributed by atoms with Crippen LogP contribution in [0, 0.1) is 17.1 Å². The summed E-state index contributed by atoms with van der Waals surface area (Å²) in [5, 5.41) is 12.3. The van der Waals surface area contributed by atoms with Crippen LogP contribution in [0.25, 0.3) is 0 Å². The van der Waals surface area contributed by atoms with Gasteiger partial charge in [-0.05, 0) is 43.9 Å². The van der Waals surface area contributed by atoms with Gasteiger partial charge in [-0.2, -0.15) is 31.6 Å². The Bertz CT molecular complexity index is 985. The maximum atomic E-state index is 13.7. The number of benzene rings is 1. The molecule has 0 spiro atoms. The summed E-state index contributed by atoms with van der Waals surface area (Å²) in [6, 6.07) is 3.65. The van der Waals surface area contributed by atoms with E-state index in [-0.39, 0.29) is 47.9 Å². The number of unbranched alkanes of at least 4 members (excludes halogenated alkanes) is 1. The van der Waals surface area contributed by atoms with E-state index in [4.69, 9.17) is 4.74 Å². The maximum absolute atomic E-state index is 13.7. The van der Waals surface area contributed by atoms with E-state index in [0.717, 1.165) is 19.2 Å². The van der Waals surface area contributed by atoms with Crippen molar-refractivity contribution in [3.63, 3.8) is 0 Å². The molecule has 0 aliphatic carbocycles. The monoisotopic (exact) mass is 464 g/mol. The van der Waals surface area contributed by atoms with Crippen LogP contribution in [0.4, 0.5) is 30.7 Å². The summed E-state index contributed by atoms with van der Waals surface area (Å²) in [4.78, 5) is 12.6. The highest BCUT2D eigenvalue weighted by atomic mass is 19.4. The van der Waals surface area contributed by atoms with Gasteiger partial charge in [-0.3, -0.25) is 0 Å². The molecule has 1 aromatic rings. The zero-order valence-electron chi connectivity index (χ0n) is 17.0. The number of allylic oxidation sites excluding steroid dienone is 3. The van der Waals surface area contributed by atoms with E-state index < -0.39 is 47.6 Å². The molecule has 0 aromatic heterocycles. The zero-order chi connectivity index (χ0) is 24.3. The van der Waals surface area contributed by atoms with Crippen molar-refractivity contribution in [2.45, 2.75) is 50.9 Å². The third-order valence-corrected chi connectivity index (χ3v) is 4.94. The molecule has 1 atom stereocenters. The number of nitriles is 1. The Labute approximate surface area is 179 Å². The minimum Gasteiger partial charge on any atom is -0.466 e. The zero-order valence-corrected chi connectivity index (χ0v) is 17.0. The molecular formula is C21H19F7N2O2. The van der Waals surface area contributed by atoms with Gasteiger partial charge in [0, 0.05) is 17.8 Å². The SMILES string of the molecule is COC(=O)C1=C(CCCCC(F)(F)F)NC(C)=C(C#N)C1c1ccc(F)cc1C(F)(F)F. The summed E-state index contributed by atoms with van der Waals surface area (Å²) in [6.07, 6.45) is -10.8. The maximum Gasteiger partial charge on any atom is 0.416 e. The van der Waals surface area contributed by atoms with Crippen molar-refractivity contribution in [1.29, 1.82) is 5.26 Å². The second-order valence-electron chi connectivity index (χ2n) is 7.14. The number of nitrogens with zero attached hydrogens (tertiary/aromatic N) is 1. The van der Waals surface area contributed by atoms with Crippen LogP contribution in [0.2, 0.25) is 0 Å². The van der Waals surface area contributed by atoms with Crippen LogP contribution in [0.15, 0.2) is 40.7 Å². The molecule has 11 heteroatoms. The minimum absolute atomic E-state index is 0.0280. The van der Waals surface area contributed by atoms with Crippen LogP contribution in [0.1, 0.15) is 49.7 Å². The molecule has 0 saturated carbocycles. The molecule has 1 aromatic carbocycles. The van der Waals surface area contributed by atoms with Crippen molar-refractivity contribution in [2.75, 3.05) is 7.11 Å². The first-order chi connectivity index (χ1) is 14.8. The predicted molar refractivity (Wildman–Crippen MR) is 99.2 cm³/mol. The minimum atomic E-state index is -5.00. The number of hydrogen-bond acceptors (Lipinski definition) is 4. The number of carbonyl (C=O) groups is 1. The van der Waals surface area contributed by atoms with Gasteiger partial charge in [0.1, 0.15) is 5.82 Å². The molecule has 0 radical (unpaired) electrons. The fraction of sp³-hybridized carbons (Fsp3) is 0.429. The Morgan fingerprint density at radius 2 is 1.84 bits per heavy atom. The Morgan fingerprint density at radius 1 is 1.19 bits per heavy atom. The first-order valence-corrected chi connectivity index (χ1v) is 9.42. The number of esters is 1. The third kappa shape index (κ3) is 5.81. The molecule has 0 bridgehead atoms. The lowest BCUT2D eigenvalue weighted by atomic mass is 9.78. The molecule has 0 fully saturated rings. The fourth-order valence-corrected chi connectivity index (χ4v) is 3.56. The number of carbonyl (C=O) groups excluding carboxylic acids is 1. The predicted octanol–water partition coefficient (Wildman–Crippen LogP) is 5.88. The average molecular weight is 464 g/mol. The smallest absolute Gasteiger partial charge is 0.416 e. The third-order valence-electron chi connectivity index (χ3n) is 4.94. The second-order valence-corrected chi connectivity index (χ2v) is 7.14. The topological polar surface area (TPSA) is 62.1 Å². The summed E-state index contributed by atoms with van der Waals surface area (Å²) < 4.78 is 96.6. The molecule has 4 nitrogen and oxygen atoms in total. The van der Waals surface area contributed by atoms with Crippen LogP contribution in [0.3, 0.4) is 0 Å². The van der Waals surface area contributed by atoms with Gasteiger partial charge in [0.25, 0.3) is 0 Å². The van der Waals surface area contributed by atoms with Crippen LogP contribution in [-0.2, 0) is 15.7 Å². The molecular weight excluding hydrogens is 445 g/mol. The van der Waals surface area contributed by atoms with Crippen LogP contribution >= 0.6 is 0 Å². The number of nitrogens with one attached hydrogen (secondary N) is 1. The van der Waals surface area contributed by atoms with E-state index in [2.05, 4.69) is 5.32 Å². The van der Waals surface area contributed by atoms with Crippen LogP contribution in [-0.4, -0.2) is 19.3 Å². The van der Waals surface area contributed by atoms with E-state index in [9.17, 15) is 40.8 Å². The molecule has 174 valence electrons. The highest BCUT2D eigenvalue weighted by molar-refractivity contribution is 5.93. The lowest BCUT2D eigenvalue weighted by Gasteiger charge is -2.31. The van der Waals surface area contributed by atoms with E-state index in [1.807, 2.05) is 0 Å². The lowest BCUT2D eigenvalue weighted by molar-refractivity contribution is -0.139. The molecule has 2 rings (SSSR count). The standard InChI is InChI=1S/C21H19F7N2O2/c1-11-14(10-29)17(13-7-6-12(22)9-15(13)21(26,27)28)18(19(31)32-2)16(30-11)5-3-4-8-20(23,24)25/h6-7,9,17,30H,3-5,8H2,1-2H3. The van der Waals surface area contributed by atoms with Crippen molar-refractivity contribution in [3.05, 3.63) is 57.7 Å². The van der Waals surface area contributed by atoms with Gasteiger partial charge >= 0.3 is 18.3 Å². The fourth-order valence-electron chi connectivity index (χ4n) is 3.56. The van der Waals surface area contributed by atoms with Crippen molar-refractivity contribution in [1.82, 2.24) is 5.32 Å². The first kappa shape index (κ1) is 25.2. The van der Waals surface area contributed by atoms with Crippen molar-refractivity contribution >= 4 is 5.97 Å². The summed E-state index contributed by atoms with van der Waals surface area (Å²) in [5.41, 5.74) is -2.28. The Kier molecular flexibility index (Phi) is 7.59. The summed E-state index contributed by atoms with van der Waals surface area (Å²) in [7, 11) is 0.986. The van der Waals surface area contributed by atoms with Gasteiger partial charge in [0.05, 0.1) is 35.8 Å². The van der Waals surface area contributed by atoms with Gasteiger partial charge in [0.15, 0.2) is 0 Å². The van der Waals surface area contributed by atoms with Crippen molar-refractivity contribution in [2.24, 2.45) is 0 Å². The van der Waals surface area contributed by atoms with Gasteiger partial charge < -0.3 is 10.1 Å². The van der Waals surface area contributed by atoms with Gasteiger partial charge in [-0.25, -0.2) is 9.18 Å². The molecule has 0 saturated heterocycles. The number of halogens is 7. The van der Waals surface area contributed by atoms with Gasteiger partial charge in [-0.15, -0.1) is 0 Å². The summed E-state index contributed by atoms with van der Waals surface area (Å²) in [5.74, 6) is -3.75. The number of methoxy groups -OCH3 is 1. The normalized spacial score (nSPS) is 17.2. The van der Waals surface area contributed by atoms with Crippen molar-refractivity contribution in [3.8, 4) is 6.07 Å². The van der Waals surface area contributed by atoms with Gasteiger partial charge in [-0.1, -0.05) is 6.07 Å². The highest BCUT2D eigenvalue weighted by Gasteiger charge is 2.42.